The molecule has 17 heavy (non-hydrogen) atoms. The van der Waals surface area contributed by atoms with E-state index >= 15 is 0 Å². The molecule has 2 aromatic rings. The van der Waals surface area contributed by atoms with Crippen molar-refractivity contribution in [2.75, 3.05) is 7.11 Å². The summed E-state index contributed by atoms with van der Waals surface area (Å²) in [6, 6.07) is 3.44. The van der Waals surface area contributed by atoms with Gasteiger partial charge in [-0.05, 0) is 25.5 Å². The van der Waals surface area contributed by atoms with E-state index in [1.165, 1.54) is 0 Å². The summed E-state index contributed by atoms with van der Waals surface area (Å²) in [7, 11) is 1.55. The number of hydrogen-bond acceptors (Lipinski definition) is 2. The fraction of sp³-hybridized carbons (Fsp3) is 0.308. The molecule has 0 aliphatic rings. The summed E-state index contributed by atoms with van der Waals surface area (Å²) >= 11 is 6.10. The van der Waals surface area contributed by atoms with Crippen LogP contribution in [0.5, 0.6) is 5.75 Å². The van der Waals surface area contributed by atoms with Crippen LogP contribution in [0.25, 0.3) is 10.9 Å². The summed E-state index contributed by atoms with van der Waals surface area (Å²) in [5, 5.41) is 1.06. The molecule has 0 spiro atoms. The molecule has 4 heteroatoms. The van der Waals surface area contributed by atoms with Crippen molar-refractivity contribution in [2.45, 2.75) is 20.3 Å². The maximum atomic E-state index is 12.4. The number of rotatable bonds is 2. The van der Waals surface area contributed by atoms with Crippen molar-refractivity contribution >= 4 is 22.5 Å². The minimum atomic E-state index is -0.00176. The lowest BCUT2D eigenvalue weighted by Gasteiger charge is -2.10. The lowest BCUT2D eigenvalue weighted by atomic mass is 10.1. The van der Waals surface area contributed by atoms with Crippen LogP contribution >= 0.6 is 11.6 Å². The topological polar surface area (TPSA) is 42.1 Å². The maximum absolute atomic E-state index is 12.4. The van der Waals surface area contributed by atoms with Crippen LogP contribution in [-0.4, -0.2) is 12.1 Å². The number of hydrogen-bond donors (Lipinski definition) is 1. The van der Waals surface area contributed by atoms with Gasteiger partial charge in [-0.15, -0.1) is 0 Å². The predicted molar refractivity (Wildman–Crippen MR) is 70.2 cm³/mol. The maximum Gasteiger partial charge on any atom is 0.196 e. The average molecular weight is 252 g/mol. The third kappa shape index (κ3) is 1.80. The molecule has 3 nitrogen and oxygen atoms in total. The standard InChI is InChI=1S/C13H14ClNO2/c1-4-8-7(2)15-12-9(14)5-6-10(17-3)11(12)13(8)16/h5-6H,4H2,1-3H3,(H,15,16). The number of methoxy groups -OCH3 is 1. The van der Waals surface area contributed by atoms with Gasteiger partial charge in [0.25, 0.3) is 0 Å². The van der Waals surface area contributed by atoms with Crippen molar-refractivity contribution < 1.29 is 4.74 Å². The lowest BCUT2D eigenvalue weighted by Crippen LogP contribution is -2.13. The van der Waals surface area contributed by atoms with Crippen LogP contribution in [0.2, 0.25) is 5.02 Å². The first-order chi connectivity index (χ1) is 8.10. The highest BCUT2D eigenvalue weighted by atomic mass is 35.5. The number of aromatic amines is 1. The minimum absolute atomic E-state index is 0.00176. The third-order valence-corrected chi connectivity index (χ3v) is 3.27. The highest BCUT2D eigenvalue weighted by molar-refractivity contribution is 6.35. The predicted octanol–water partition coefficient (Wildman–Crippen LogP) is 3.06. The van der Waals surface area contributed by atoms with Gasteiger partial charge < -0.3 is 9.72 Å². The molecule has 0 aliphatic heterocycles. The molecule has 0 fully saturated rings. The Balaban J connectivity index is 3.01. The highest BCUT2D eigenvalue weighted by Crippen LogP contribution is 2.28. The number of halogens is 1. The molecule has 0 atom stereocenters. The van der Waals surface area contributed by atoms with Crippen LogP contribution in [0.15, 0.2) is 16.9 Å². The monoisotopic (exact) mass is 251 g/mol. The zero-order valence-corrected chi connectivity index (χ0v) is 10.8. The highest BCUT2D eigenvalue weighted by Gasteiger charge is 2.13. The van der Waals surface area contributed by atoms with Gasteiger partial charge >= 0.3 is 0 Å². The first-order valence-electron chi connectivity index (χ1n) is 5.48. The van der Waals surface area contributed by atoms with Crippen molar-refractivity contribution in [3.63, 3.8) is 0 Å². The normalized spacial score (nSPS) is 10.8. The number of pyridine rings is 1. The molecule has 0 saturated heterocycles. The summed E-state index contributed by atoms with van der Waals surface area (Å²) in [4.78, 5) is 15.5. The number of aromatic nitrogens is 1. The Hall–Kier alpha value is -1.48. The van der Waals surface area contributed by atoms with Gasteiger partial charge in [0, 0.05) is 11.3 Å². The molecule has 1 aromatic heterocycles. The third-order valence-electron chi connectivity index (χ3n) is 2.96. The minimum Gasteiger partial charge on any atom is -0.496 e. The van der Waals surface area contributed by atoms with Gasteiger partial charge in [0.2, 0.25) is 0 Å². The number of benzene rings is 1. The Morgan fingerprint density at radius 1 is 1.41 bits per heavy atom. The van der Waals surface area contributed by atoms with E-state index in [4.69, 9.17) is 16.3 Å². The lowest BCUT2D eigenvalue weighted by molar-refractivity contribution is 0.419. The van der Waals surface area contributed by atoms with E-state index in [0.29, 0.717) is 28.1 Å². The first-order valence-corrected chi connectivity index (χ1v) is 5.85. The van der Waals surface area contributed by atoms with Crippen molar-refractivity contribution in [3.05, 3.63) is 38.6 Å². The second kappa shape index (κ2) is 4.41. The molecular weight excluding hydrogens is 238 g/mol. The molecule has 1 heterocycles. The van der Waals surface area contributed by atoms with Crippen molar-refractivity contribution in [3.8, 4) is 5.75 Å². The fourth-order valence-corrected chi connectivity index (χ4v) is 2.29. The van der Waals surface area contributed by atoms with E-state index in [2.05, 4.69) is 4.98 Å². The second-order valence-corrected chi connectivity index (χ2v) is 4.32. The molecule has 2 rings (SSSR count). The molecule has 0 bridgehead atoms. The zero-order valence-electron chi connectivity index (χ0n) is 10.1. The molecule has 0 amide bonds. The van der Waals surface area contributed by atoms with Gasteiger partial charge in [-0.3, -0.25) is 4.79 Å². The Labute approximate surface area is 104 Å². The largest absolute Gasteiger partial charge is 0.496 e. The molecule has 1 N–H and O–H groups in total. The number of ether oxygens (including phenoxy) is 1. The molecule has 0 unspecified atom stereocenters. The molecule has 0 aliphatic carbocycles. The van der Waals surface area contributed by atoms with E-state index in [1.807, 2.05) is 13.8 Å². The quantitative estimate of drug-likeness (QED) is 0.891. The number of nitrogens with one attached hydrogen (secondary N) is 1. The van der Waals surface area contributed by atoms with E-state index in [0.717, 1.165) is 11.3 Å². The Bertz CT molecular complexity index is 631. The summed E-state index contributed by atoms with van der Waals surface area (Å²) in [6.07, 6.45) is 0.687. The average Bonchev–Trinajstić information content (AvgIpc) is 2.31. The van der Waals surface area contributed by atoms with E-state index in [1.54, 1.807) is 19.2 Å². The van der Waals surface area contributed by atoms with Crippen molar-refractivity contribution in [1.29, 1.82) is 0 Å². The van der Waals surface area contributed by atoms with E-state index in [9.17, 15) is 4.79 Å². The molecule has 0 saturated carbocycles. The van der Waals surface area contributed by atoms with Crippen LogP contribution in [0.3, 0.4) is 0 Å². The Kier molecular flexibility index (Phi) is 3.11. The Morgan fingerprint density at radius 3 is 2.71 bits per heavy atom. The van der Waals surface area contributed by atoms with Crippen molar-refractivity contribution in [2.24, 2.45) is 0 Å². The zero-order chi connectivity index (χ0) is 12.6. The van der Waals surface area contributed by atoms with Crippen LogP contribution in [0, 0.1) is 6.92 Å². The number of aryl methyl sites for hydroxylation is 1. The van der Waals surface area contributed by atoms with Crippen LogP contribution in [0.4, 0.5) is 0 Å². The summed E-state index contributed by atoms with van der Waals surface area (Å²) in [5.74, 6) is 0.556. The van der Waals surface area contributed by atoms with E-state index in [-0.39, 0.29) is 5.43 Å². The van der Waals surface area contributed by atoms with Gasteiger partial charge in [-0.1, -0.05) is 18.5 Å². The first kappa shape index (κ1) is 12.0. The molecule has 0 radical (unpaired) electrons. The van der Waals surface area contributed by atoms with Crippen molar-refractivity contribution in [1.82, 2.24) is 4.98 Å². The van der Waals surface area contributed by atoms with Gasteiger partial charge in [0.05, 0.1) is 23.0 Å². The summed E-state index contributed by atoms with van der Waals surface area (Å²) < 4.78 is 5.22. The Morgan fingerprint density at radius 2 is 2.12 bits per heavy atom. The van der Waals surface area contributed by atoms with E-state index < -0.39 is 0 Å². The number of H-pyrrole nitrogens is 1. The summed E-state index contributed by atoms with van der Waals surface area (Å²) in [5.41, 5.74) is 2.28. The fourth-order valence-electron chi connectivity index (χ4n) is 2.09. The smallest absolute Gasteiger partial charge is 0.196 e. The van der Waals surface area contributed by atoms with Crippen LogP contribution in [-0.2, 0) is 6.42 Å². The molecule has 1 aromatic carbocycles. The molecule has 90 valence electrons. The van der Waals surface area contributed by atoms with Gasteiger partial charge in [-0.25, -0.2) is 0 Å². The SMILES string of the molecule is CCc1c(C)[nH]c2c(Cl)ccc(OC)c2c1=O. The molecular formula is C13H14ClNO2. The number of fused-ring (bicyclic) bond motifs is 1. The van der Waals surface area contributed by atoms with Crippen LogP contribution in [0.1, 0.15) is 18.2 Å². The van der Waals surface area contributed by atoms with Gasteiger partial charge in [0.15, 0.2) is 5.43 Å². The summed E-state index contributed by atoms with van der Waals surface area (Å²) in [6.45, 7) is 3.84. The second-order valence-electron chi connectivity index (χ2n) is 3.91. The van der Waals surface area contributed by atoms with Gasteiger partial charge in [0.1, 0.15) is 5.75 Å². The van der Waals surface area contributed by atoms with Crippen LogP contribution < -0.4 is 10.2 Å². The van der Waals surface area contributed by atoms with Gasteiger partial charge in [-0.2, -0.15) is 0 Å².